The van der Waals surface area contributed by atoms with Crippen LogP contribution in [0.25, 0.3) is 76.9 Å². The second-order valence-corrected chi connectivity index (χ2v) is 13.7. The third kappa shape index (κ3) is 5.19. The van der Waals surface area contributed by atoms with Crippen molar-refractivity contribution in [2.75, 3.05) is 0 Å². The highest BCUT2D eigenvalue weighted by Gasteiger charge is 2.28. The summed E-state index contributed by atoms with van der Waals surface area (Å²) in [5.41, 5.74) is 1.92. The molecule has 0 bridgehead atoms. The van der Waals surface area contributed by atoms with Gasteiger partial charge in [-0.1, -0.05) is 73.4 Å². The Kier molecular flexibility index (Phi) is 9.38. The topological polar surface area (TPSA) is 13.1 Å². The minimum atomic E-state index is -0.121. The van der Waals surface area contributed by atoms with E-state index in [0.717, 1.165) is 10.8 Å². The first kappa shape index (κ1) is 38.8. The van der Waals surface area contributed by atoms with Gasteiger partial charge in [-0.15, -0.1) is 43.7 Å². The van der Waals surface area contributed by atoms with Crippen LogP contribution < -0.4 is 92.9 Å². The Labute approximate surface area is 348 Å². The summed E-state index contributed by atoms with van der Waals surface area (Å²) in [7, 11) is 113. The molecule has 56 heavy (non-hydrogen) atoms. The lowest BCUT2D eigenvalue weighted by Gasteiger charge is -2.32. The lowest BCUT2D eigenvalue weighted by atomic mass is 9.55. The Hall–Kier alpha value is -4.04. The average Bonchev–Trinajstić information content (AvgIpc) is 3.56. The maximum atomic E-state index is 7.13. The van der Waals surface area contributed by atoms with Gasteiger partial charge in [-0.05, 0) is 73.1 Å². The van der Waals surface area contributed by atoms with Crippen LogP contribution in [-0.4, -0.2) is 133 Å². The molecule has 0 aliphatic rings. The van der Waals surface area contributed by atoms with E-state index in [2.05, 4.69) is 0 Å². The van der Waals surface area contributed by atoms with Gasteiger partial charge in [0.15, 0.2) is 0 Å². The molecule has 0 aliphatic carbocycles. The Morgan fingerprint density at radius 3 is 1.09 bits per heavy atom. The molecular weight excluding hydrogens is 656 g/mol. The number of para-hydroxylation sites is 1. The molecule has 216 valence electrons. The van der Waals surface area contributed by atoms with Crippen LogP contribution in [0.3, 0.4) is 0 Å². The summed E-state index contributed by atoms with van der Waals surface area (Å²) in [4.78, 5) is 0. The van der Waals surface area contributed by atoms with Crippen LogP contribution in [0.15, 0.2) is 46.9 Å². The Bertz CT molecular complexity index is 3000. The van der Waals surface area contributed by atoms with Gasteiger partial charge in [0.05, 0.1) is 0 Å². The highest BCUT2D eigenvalue weighted by Crippen LogP contribution is 2.41. The molecule has 0 amide bonds. The van der Waals surface area contributed by atoms with Gasteiger partial charge in [0.1, 0.15) is 145 Å². The molecule has 1 aromatic heterocycles. The maximum Gasteiger partial charge on any atom is 0.135 e. The van der Waals surface area contributed by atoms with Crippen molar-refractivity contribution in [2.24, 2.45) is 0 Å². The number of hydrogen-bond donors (Lipinski definition) is 0. The molecule has 8 rings (SSSR count). The fourth-order valence-electron chi connectivity index (χ4n) is 7.85. The molecule has 0 N–H and O–H groups in total. The van der Waals surface area contributed by atoms with Gasteiger partial charge in [0.25, 0.3) is 0 Å². The van der Waals surface area contributed by atoms with E-state index >= 15 is 0 Å². The summed E-state index contributed by atoms with van der Waals surface area (Å²) in [5, 5.41) is 2.68. The third-order valence-corrected chi connectivity index (χ3v) is 10.8. The molecule has 0 fully saturated rings. The van der Waals surface area contributed by atoms with Gasteiger partial charge in [-0.25, -0.2) is 0 Å². The van der Waals surface area contributed by atoms with Crippen molar-refractivity contribution < 1.29 is 4.42 Å². The van der Waals surface area contributed by atoms with E-state index in [4.69, 9.17) is 138 Å². The fraction of sp³-hybridized carbons (Fsp3) is 0. The minimum Gasteiger partial charge on any atom is -0.456 e. The van der Waals surface area contributed by atoms with Crippen LogP contribution in [0.2, 0.25) is 0 Å². The van der Waals surface area contributed by atoms with Crippen LogP contribution >= 0.6 is 0 Å². The van der Waals surface area contributed by atoms with Crippen LogP contribution in [0.5, 0.6) is 0 Å². The molecule has 0 aliphatic heterocycles. The van der Waals surface area contributed by atoms with Gasteiger partial charge in [0.2, 0.25) is 0 Å². The average molecular weight is 663 g/mol. The Morgan fingerprint density at radius 2 is 0.607 bits per heavy atom. The van der Waals surface area contributed by atoms with Crippen molar-refractivity contribution in [3.63, 3.8) is 0 Å². The second kappa shape index (κ2) is 13.5. The number of rotatable bonds is 3. The molecule has 0 spiro atoms. The molecule has 1 heterocycles. The zero-order chi connectivity index (χ0) is 40.6. The molecule has 34 radical (unpaired) electrons. The van der Waals surface area contributed by atoms with E-state index in [1.54, 1.807) is 0 Å². The summed E-state index contributed by atoms with van der Waals surface area (Å²) < 4.78 is 6.13. The van der Waals surface area contributed by atoms with Crippen molar-refractivity contribution in [1.29, 1.82) is 0 Å². The fourth-order valence-corrected chi connectivity index (χ4v) is 7.85. The zero-order valence-corrected chi connectivity index (χ0v) is 29.8. The molecule has 1 nitrogen and oxygen atoms in total. The summed E-state index contributed by atoms with van der Waals surface area (Å²) in [5.74, 6) is 0. The maximum absolute atomic E-state index is 7.13. The molecule has 0 saturated heterocycles. The van der Waals surface area contributed by atoms with Crippen molar-refractivity contribution in [2.45, 2.75) is 0 Å². The molecule has 0 atom stereocenters. The number of benzene rings is 7. The third-order valence-electron chi connectivity index (χ3n) is 10.8. The van der Waals surface area contributed by atoms with Gasteiger partial charge >= 0.3 is 0 Å². The first-order valence-corrected chi connectivity index (χ1v) is 16.9. The van der Waals surface area contributed by atoms with Gasteiger partial charge in [-0.3, -0.25) is 0 Å². The minimum absolute atomic E-state index is 0.00169. The number of furan rings is 1. The summed E-state index contributed by atoms with van der Waals surface area (Å²) >= 11 is 0. The first-order chi connectivity index (χ1) is 26.4. The van der Waals surface area contributed by atoms with E-state index in [-0.39, 0.29) is 126 Å². The molecular formula is C38H7B17O. The highest BCUT2D eigenvalue weighted by atomic mass is 16.3. The molecule has 0 saturated carbocycles. The van der Waals surface area contributed by atoms with Crippen molar-refractivity contribution in [1.82, 2.24) is 0 Å². The van der Waals surface area contributed by atoms with Crippen molar-refractivity contribution in [3.05, 3.63) is 42.5 Å². The first-order valence-electron chi connectivity index (χ1n) is 16.9. The monoisotopic (exact) mass is 666 g/mol. The summed E-state index contributed by atoms with van der Waals surface area (Å²) in [6.45, 7) is 0. The normalized spacial score (nSPS) is 11.7. The summed E-state index contributed by atoms with van der Waals surface area (Å²) in [6.07, 6.45) is 0. The van der Waals surface area contributed by atoms with Crippen LogP contribution in [0.4, 0.5) is 0 Å². The van der Waals surface area contributed by atoms with E-state index < -0.39 is 0 Å². The molecule has 0 unspecified atom stereocenters. The van der Waals surface area contributed by atoms with E-state index in [9.17, 15) is 0 Å². The lowest BCUT2D eigenvalue weighted by molar-refractivity contribution is 0.669. The number of hydrogen-bond acceptors (Lipinski definition) is 1. The van der Waals surface area contributed by atoms with Crippen molar-refractivity contribution in [3.8, 4) is 33.4 Å². The predicted molar refractivity (Wildman–Crippen MR) is 257 cm³/mol. The summed E-state index contributed by atoms with van der Waals surface area (Å²) in [6, 6.07) is 13.2. The SMILES string of the molecule is [B]c1c([B])c([B])c(-c2c([B])c([B])c([B])c(-c3c4c([B])c([B])c([B])c([B])c4c(-c4ccc5oc6ccccc6c5c4)c4c([B])c([B])c([B])c([B])c34)c2[B])c([B])c1[B]. The van der Waals surface area contributed by atoms with E-state index in [1.165, 1.54) is 0 Å². The highest BCUT2D eigenvalue weighted by molar-refractivity contribution is 6.74. The zero-order valence-electron chi connectivity index (χ0n) is 29.8. The van der Waals surface area contributed by atoms with E-state index in [0.29, 0.717) is 33.1 Å². The standard InChI is InChI=1S/C38H7B17O/c39-22-19(27(44)31(48)28(45)20(22)21-29(46)36(53)38(55)37(54)30(21)47)14-17-15(23(40)32(49)34(51)25(17)42)13(16-18(14)26(43)35(52)33(50)24(16)41)8-5-6-12-10(7-8)9-3-1-2-4-11(9)56-12/h1-7H. The van der Waals surface area contributed by atoms with Gasteiger partial charge in [0, 0.05) is 10.8 Å². The number of fused-ring (bicyclic) bond motifs is 5. The van der Waals surface area contributed by atoms with Gasteiger partial charge in [-0.2, -0.15) is 0 Å². The van der Waals surface area contributed by atoms with Crippen LogP contribution in [0.1, 0.15) is 0 Å². The smallest absolute Gasteiger partial charge is 0.135 e. The molecule has 7 aromatic carbocycles. The Balaban J connectivity index is 1.68. The van der Waals surface area contributed by atoms with E-state index in [1.807, 2.05) is 42.5 Å². The largest absolute Gasteiger partial charge is 0.456 e. The quantitative estimate of drug-likeness (QED) is 0.135. The lowest BCUT2D eigenvalue weighted by Crippen LogP contribution is -2.57. The molecule has 8 aromatic rings. The molecule has 18 heteroatoms. The Morgan fingerprint density at radius 1 is 0.268 bits per heavy atom. The van der Waals surface area contributed by atoms with Crippen molar-refractivity contribution >= 4 is 270 Å². The second-order valence-electron chi connectivity index (χ2n) is 13.7. The van der Waals surface area contributed by atoms with Gasteiger partial charge < -0.3 is 4.42 Å². The van der Waals surface area contributed by atoms with Crippen LogP contribution in [-0.2, 0) is 0 Å². The predicted octanol–water partition coefficient (Wildman–Crippen LogP) is -9.61. The van der Waals surface area contributed by atoms with Crippen LogP contribution in [0, 0.1) is 0 Å².